The van der Waals surface area contributed by atoms with E-state index in [1.165, 1.54) is 21.7 Å². The van der Waals surface area contributed by atoms with Crippen LogP contribution in [0, 0.1) is 17.6 Å². The number of benzene rings is 1. The predicted molar refractivity (Wildman–Crippen MR) is 140 cm³/mol. The molecule has 0 atom stereocenters. The van der Waals surface area contributed by atoms with Gasteiger partial charge in [-0.2, -0.15) is 4.31 Å². The minimum absolute atomic E-state index is 0.0456. The van der Waals surface area contributed by atoms with Gasteiger partial charge in [0, 0.05) is 51.3 Å². The maximum absolute atomic E-state index is 14.4. The highest BCUT2D eigenvalue weighted by atomic mass is 32.2. The first-order chi connectivity index (χ1) is 17.8. The van der Waals surface area contributed by atoms with Gasteiger partial charge in [-0.05, 0) is 36.8 Å². The van der Waals surface area contributed by atoms with Crippen molar-refractivity contribution in [3.05, 3.63) is 41.3 Å². The first-order valence-electron chi connectivity index (χ1n) is 12.2. The Balaban J connectivity index is 1.32. The Morgan fingerprint density at radius 3 is 2.62 bits per heavy atom. The highest BCUT2D eigenvalue weighted by Crippen LogP contribution is 2.34. The molecule has 0 bridgehead atoms. The third kappa shape index (κ3) is 5.86. The number of thiophene rings is 1. The average molecular weight is 571 g/mol. The van der Waals surface area contributed by atoms with Crippen molar-refractivity contribution in [2.45, 2.75) is 23.5 Å². The zero-order valence-electron chi connectivity index (χ0n) is 20.1. The standard InChI is InChI=1S/C24H28F2N4O4S3/c25-18-15-19(26)22-20(16-18)36-24(27-22)30(7-2-6-28-10-12-34-13-11-28)23(31)17-4-8-29(9-5-17)37(32,33)21-3-1-14-35-21/h1,3,14-17H,2,4-13H2. The molecule has 0 unspecified atom stereocenters. The topological polar surface area (TPSA) is 83.1 Å². The summed E-state index contributed by atoms with van der Waals surface area (Å²) in [7, 11) is -3.57. The minimum Gasteiger partial charge on any atom is -0.379 e. The number of carbonyl (C=O) groups is 1. The molecule has 2 fully saturated rings. The fourth-order valence-electron chi connectivity index (χ4n) is 4.74. The number of carbonyl (C=O) groups excluding carboxylic acids is 1. The Labute approximate surface area is 222 Å². The van der Waals surface area contributed by atoms with E-state index in [0.717, 1.165) is 37.0 Å². The summed E-state index contributed by atoms with van der Waals surface area (Å²) in [6, 6.07) is 5.31. The van der Waals surface area contributed by atoms with Gasteiger partial charge in [-0.3, -0.25) is 14.6 Å². The van der Waals surface area contributed by atoms with E-state index in [0.29, 0.717) is 53.1 Å². The monoisotopic (exact) mass is 570 g/mol. The van der Waals surface area contributed by atoms with Gasteiger partial charge in [-0.15, -0.1) is 11.3 Å². The van der Waals surface area contributed by atoms with Crippen LogP contribution in [0.4, 0.5) is 13.9 Å². The van der Waals surface area contributed by atoms with Gasteiger partial charge in [-0.1, -0.05) is 17.4 Å². The van der Waals surface area contributed by atoms with Crippen LogP contribution in [0.3, 0.4) is 0 Å². The van der Waals surface area contributed by atoms with Crippen LogP contribution in [-0.2, 0) is 19.6 Å². The molecule has 200 valence electrons. The molecule has 0 aliphatic carbocycles. The fourth-order valence-corrected chi connectivity index (χ4v) is 8.39. The molecule has 1 aromatic carbocycles. The van der Waals surface area contributed by atoms with E-state index in [9.17, 15) is 22.0 Å². The SMILES string of the molecule is O=C(C1CCN(S(=O)(=O)c2cccs2)CC1)N(CCCN1CCOCC1)c1nc2c(F)cc(F)cc2s1. The zero-order chi connectivity index (χ0) is 26.0. The van der Waals surface area contributed by atoms with E-state index in [1.54, 1.807) is 22.4 Å². The van der Waals surface area contributed by atoms with Crippen LogP contribution in [0.15, 0.2) is 33.9 Å². The Morgan fingerprint density at radius 1 is 1.16 bits per heavy atom. The number of thiazole rings is 1. The second-order valence-corrected chi connectivity index (χ2v) is 13.3. The lowest BCUT2D eigenvalue weighted by Crippen LogP contribution is -2.45. The lowest BCUT2D eigenvalue weighted by atomic mass is 9.96. The number of aromatic nitrogens is 1. The molecule has 0 N–H and O–H groups in total. The number of anilines is 1. The Bertz CT molecular complexity index is 1340. The summed E-state index contributed by atoms with van der Waals surface area (Å²) in [5, 5.41) is 2.06. The number of fused-ring (bicyclic) bond motifs is 1. The number of halogens is 2. The molecule has 2 saturated heterocycles. The van der Waals surface area contributed by atoms with Crippen molar-refractivity contribution >= 4 is 54.0 Å². The molecule has 0 spiro atoms. The van der Waals surface area contributed by atoms with Gasteiger partial charge in [-0.25, -0.2) is 22.2 Å². The molecule has 4 heterocycles. The van der Waals surface area contributed by atoms with Crippen LogP contribution in [0.2, 0.25) is 0 Å². The van der Waals surface area contributed by atoms with Crippen molar-refractivity contribution < 1.29 is 26.7 Å². The van der Waals surface area contributed by atoms with Crippen molar-refractivity contribution in [1.29, 1.82) is 0 Å². The number of amides is 1. The van der Waals surface area contributed by atoms with Gasteiger partial charge in [0.15, 0.2) is 10.9 Å². The van der Waals surface area contributed by atoms with Crippen molar-refractivity contribution in [2.75, 3.05) is 57.4 Å². The number of ether oxygens (including phenoxy) is 1. The Hall–Kier alpha value is -2.03. The Kier molecular flexibility index (Phi) is 8.17. The molecule has 2 aliphatic rings. The third-order valence-electron chi connectivity index (χ3n) is 6.75. The molecule has 0 saturated carbocycles. The summed E-state index contributed by atoms with van der Waals surface area (Å²) < 4.78 is 61.4. The van der Waals surface area contributed by atoms with Crippen molar-refractivity contribution in [1.82, 2.24) is 14.2 Å². The quantitative estimate of drug-likeness (QED) is 0.410. The normalized spacial score (nSPS) is 18.4. The first-order valence-corrected chi connectivity index (χ1v) is 15.4. The van der Waals surface area contributed by atoms with Gasteiger partial charge in [0.2, 0.25) is 5.91 Å². The van der Waals surface area contributed by atoms with Crippen LogP contribution in [-0.4, -0.2) is 81.0 Å². The van der Waals surface area contributed by atoms with Gasteiger partial charge >= 0.3 is 0 Å². The highest BCUT2D eigenvalue weighted by Gasteiger charge is 2.35. The molecule has 1 amide bonds. The largest absolute Gasteiger partial charge is 0.379 e. The second kappa shape index (κ2) is 11.4. The van der Waals surface area contributed by atoms with Gasteiger partial charge in [0.05, 0.1) is 17.9 Å². The lowest BCUT2D eigenvalue weighted by molar-refractivity contribution is -0.123. The number of morpholine rings is 1. The maximum atomic E-state index is 14.4. The van der Waals surface area contributed by atoms with Crippen LogP contribution < -0.4 is 4.90 Å². The molecule has 13 heteroatoms. The zero-order valence-corrected chi connectivity index (χ0v) is 22.6. The molecular formula is C24H28F2N4O4S3. The molecular weight excluding hydrogens is 542 g/mol. The summed E-state index contributed by atoms with van der Waals surface area (Å²) in [5.74, 6) is -1.99. The molecule has 0 radical (unpaired) electrons. The molecule has 2 aliphatic heterocycles. The summed E-state index contributed by atoms with van der Waals surface area (Å²) in [5.41, 5.74) is 0.0456. The molecule has 3 aromatic rings. The fraction of sp³-hybridized carbons (Fsp3) is 0.500. The third-order valence-corrected chi connectivity index (χ3v) is 11.0. The van der Waals surface area contributed by atoms with E-state index in [2.05, 4.69) is 9.88 Å². The number of hydrogen-bond acceptors (Lipinski definition) is 8. The number of sulfonamides is 1. The van der Waals surface area contributed by atoms with Gasteiger partial charge in [0.1, 0.15) is 15.5 Å². The second-order valence-electron chi connectivity index (χ2n) is 9.14. The minimum atomic E-state index is -3.57. The van der Waals surface area contributed by atoms with Crippen LogP contribution >= 0.6 is 22.7 Å². The molecule has 8 nitrogen and oxygen atoms in total. The average Bonchev–Trinajstić information content (AvgIpc) is 3.58. The highest BCUT2D eigenvalue weighted by molar-refractivity contribution is 7.91. The van der Waals surface area contributed by atoms with E-state index in [1.807, 2.05) is 0 Å². The van der Waals surface area contributed by atoms with Crippen LogP contribution in [0.5, 0.6) is 0 Å². The lowest BCUT2D eigenvalue weighted by Gasteiger charge is -2.33. The van der Waals surface area contributed by atoms with Gasteiger partial charge < -0.3 is 4.74 Å². The number of hydrogen-bond donors (Lipinski definition) is 0. The van der Waals surface area contributed by atoms with E-state index in [-0.39, 0.29) is 30.4 Å². The van der Waals surface area contributed by atoms with E-state index in [4.69, 9.17) is 4.74 Å². The number of piperidine rings is 1. The van der Waals surface area contributed by atoms with Gasteiger partial charge in [0.25, 0.3) is 10.0 Å². The van der Waals surface area contributed by atoms with Crippen LogP contribution in [0.25, 0.3) is 10.2 Å². The van der Waals surface area contributed by atoms with Crippen molar-refractivity contribution in [2.24, 2.45) is 5.92 Å². The van der Waals surface area contributed by atoms with Crippen molar-refractivity contribution in [3.8, 4) is 0 Å². The van der Waals surface area contributed by atoms with Crippen molar-refractivity contribution in [3.63, 3.8) is 0 Å². The Morgan fingerprint density at radius 2 is 1.92 bits per heavy atom. The van der Waals surface area contributed by atoms with Crippen LogP contribution in [0.1, 0.15) is 19.3 Å². The molecule has 2 aromatic heterocycles. The molecule has 37 heavy (non-hydrogen) atoms. The smallest absolute Gasteiger partial charge is 0.252 e. The summed E-state index contributed by atoms with van der Waals surface area (Å²) in [4.78, 5) is 21.9. The number of nitrogens with zero attached hydrogens (tertiary/aromatic N) is 4. The summed E-state index contributed by atoms with van der Waals surface area (Å²) in [6.45, 7) is 4.67. The molecule has 5 rings (SSSR count). The van der Waals surface area contributed by atoms with E-state index < -0.39 is 21.7 Å². The summed E-state index contributed by atoms with van der Waals surface area (Å²) >= 11 is 2.27. The number of rotatable bonds is 8. The van der Waals surface area contributed by atoms with E-state index >= 15 is 0 Å². The maximum Gasteiger partial charge on any atom is 0.252 e. The summed E-state index contributed by atoms with van der Waals surface area (Å²) in [6.07, 6.45) is 1.46. The first kappa shape index (κ1) is 26.6. The predicted octanol–water partition coefficient (Wildman–Crippen LogP) is 3.79.